The Labute approximate surface area is 281 Å². The summed E-state index contributed by atoms with van der Waals surface area (Å²) in [7, 11) is 1.62. The monoisotopic (exact) mass is 657 g/mol. The van der Waals surface area contributed by atoms with Crippen molar-refractivity contribution in [3.05, 3.63) is 11.6 Å². The zero-order valence-electron chi connectivity index (χ0n) is 30.3. The standard InChI is InChI=1S/C37H59N3O7/c1-20(2)22(4)33(6)13-14-35(8)24-11-12-27-34(7)18-45-19-37(27,25(24)15-28(42)36(35,9)29(33)31(43)44)16-26(47-23(5)41)30(34)46-17-21(3)40-32(38)39-10/h15,20-22,24,26-27,29-30H,11-14,16-19H2,1-10H3,(H,43,44)(H3,38,39,40)/t21?,22-,24+,26-,27+,29-,30+,33-,34+,35-,36+,37+/m1/s1. The summed E-state index contributed by atoms with van der Waals surface area (Å²) in [6.07, 6.45) is 4.66. The molecule has 5 aliphatic rings. The topological polar surface area (TPSA) is 150 Å². The molecule has 0 aromatic carbocycles. The van der Waals surface area contributed by atoms with Crippen LogP contribution in [0, 0.1) is 56.7 Å². The van der Waals surface area contributed by atoms with E-state index in [1.54, 1.807) is 7.05 Å². The lowest BCUT2D eigenvalue weighted by Crippen LogP contribution is -2.71. The summed E-state index contributed by atoms with van der Waals surface area (Å²) in [6.45, 7) is 19.5. The zero-order chi connectivity index (χ0) is 34.9. The highest BCUT2D eigenvalue weighted by molar-refractivity contribution is 6.00. The van der Waals surface area contributed by atoms with Crippen molar-refractivity contribution >= 4 is 23.7 Å². The second-order valence-electron chi connectivity index (χ2n) is 17.0. The number of aliphatic imine (C=N–C) groups is 1. The molecule has 0 amide bonds. The van der Waals surface area contributed by atoms with E-state index in [0.717, 1.165) is 31.3 Å². The minimum atomic E-state index is -1.06. The summed E-state index contributed by atoms with van der Waals surface area (Å²) in [5, 5.41) is 14.1. The van der Waals surface area contributed by atoms with Gasteiger partial charge in [0.1, 0.15) is 12.2 Å². The Morgan fingerprint density at radius 1 is 1.13 bits per heavy atom. The molecule has 4 N–H and O–H groups in total. The lowest BCUT2D eigenvalue weighted by atomic mass is 9.34. The highest BCUT2D eigenvalue weighted by Gasteiger charge is 2.74. The van der Waals surface area contributed by atoms with E-state index < -0.39 is 51.2 Å². The smallest absolute Gasteiger partial charge is 0.308 e. The van der Waals surface area contributed by atoms with Gasteiger partial charge in [-0.1, -0.05) is 54.0 Å². The van der Waals surface area contributed by atoms with Crippen LogP contribution in [0.4, 0.5) is 0 Å². The summed E-state index contributed by atoms with van der Waals surface area (Å²) >= 11 is 0. The maximum absolute atomic E-state index is 14.8. The third kappa shape index (κ3) is 5.17. The van der Waals surface area contributed by atoms with Crippen LogP contribution in [0.2, 0.25) is 0 Å². The van der Waals surface area contributed by atoms with E-state index in [9.17, 15) is 19.5 Å². The molecule has 0 aromatic heterocycles. The molecule has 3 saturated carbocycles. The molecule has 1 unspecified atom stereocenters. The SMILES string of the molecule is CN=C(N)NC(C)CO[C@H]1[C@H](OC(C)=O)C[C@@]23COC[C@@]1(C)[C@@H]2CC[C@H]1C3=CC(=O)[C@@]2(C)[C@H](C(=O)O)[C@@](C)([C@H](C)C(C)C)CC[C@]12C. The minimum Gasteiger partial charge on any atom is -0.481 e. The highest BCUT2D eigenvalue weighted by atomic mass is 16.6. The Morgan fingerprint density at radius 2 is 1.81 bits per heavy atom. The van der Waals surface area contributed by atoms with Crippen molar-refractivity contribution in [2.75, 3.05) is 26.9 Å². The number of carbonyl (C=O) groups is 3. The van der Waals surface area contributed by atoms with Crippen molar-refractivity contribution in [2.45, 2.75) is 113 Å². The number of fused-ring (bicyclic) bond motifs is 3. The Bertz CT molecular complexity index is 1350. The molecule has 10 heteroatoms. The van der Waals surface area contributed by atoms with Crippen LogP contribution in [-0.4, -0.2) is 73.9 Å². The molecule has 2 bridgehead atoms. The van der Waals surface area contributed by atoms with Gasteiger partial charge in [0.05, 0.1) is 25.7 Å². The average molecular weight is 658 g/mol. The second kappa shape index (κ2) is 12.1. The minimum absolute atomic E-state index is 0.0177. The summed E-state index contributed by atoms with van der Waals surface area (Å²) in [5.74, 6) is -1.23. The average Bonchev–Trinajstić information content (AvgIpc) is 2.97. The number of hydrogen-bond donors (Lipinski definition) is 3. The molecule has 1 saturated heterocycles. The number of carboxylic acid groups (broad SMARTS) is 1. The Morgan fingerprint density at radius 3 is 2.40 bits per heavy atom. The number of carboxylic acids is 1. The Balaban J connectivity index is 1.58. The van der Waals surface area contributed by atoms with Crippen molar-refractivity contribution in [2.24, 2.45) is 67.4 Å². The van der Waals surface area contributed by atoms with E-state index in [0.29, 0.717) is 32.2 Å². The molecular weight excluding hydrogens is 598 g/mol. The molecule has 4 aliphatic carbocycles. The fourth-order valence-electron chi connectivity index (χ4n) is 11.6. The number of allylic oxidation sites excluding steroid dienone is 1. The number of rotatable bonds is 8. The lowest BCUT2D eigenvalue weighted by molar-refractivity contribution is -0.266. The van der Waals surface area contributed by atoms with Crippen LogP contribution in [0.15, 0.2) is 16.6 Å². The number of ketones is 1. The molecule has 47 heavy (non-hydrogen) atoms. The van der Waals surface area contributed by atoms with Crippen LogP contribution in [-0.2, 0) is 28.6 Å². The van der Waals surface area contributed by atoms with E-state index in [-0.39, 0.29) is 41.5 Å². The van der Waals surface area contributed by atoms with Crippen LogP contribution in [0.25, 0.3) is 0 Å². The van der Waals surface area contributed by atoms with E-state index in [4.69, 9.17) is 19.9 Å². The van der Waals surface area contributed by atoms with Gasteiger partial charge in [-0.25, -0.2) is 0 Å². The van der Waals surface area contributed by atoms with Crippen molar-refractivity contribution in [3.8, 4) is 0 Å². The number of nitrogens with zero attached hydrogens (tertiary/aromatic N) is 1. The molecule has 1 heterocycles. The summed E-state index contributed by atoms with van der Waals surface area (Å²) in [6, 6.07) is -0.124. The number of carbonyl (C=O) groups excluding carboxylic acids is 2. The number of esters is 1. The summed E-state index contributed by atoms with van der Waals surface area (Å²) in [4.78, 5) is 44.7. The first kappa shape index (κ1) is 35.8. The molecule has 12 atom stereocenters. The van der Waals surface area contributed by atoms with Crippen LogP contribution in [0.1, 0.15) is 94.4 Å². The van der Waals surface area contributed by atoms with Gasteiger partial charge in [-0.05, 0) is 79.6 Å². The molecule has 1 aliphatic heterocycles. The molecule has 0 aromatic rings. The normalized spacial score (nSPS) is 44.3. The first-order chi connectivity index (χ1) is 21.8. The third-order valence-corrected chi connectivity index (χ3v) is 14.4. The van der Waals surface area contributed by atoms with Gasteiger partial charge >= 0.3 is 11.9 Å². The molecule has 5 rings (SSSR count). The number of hydrogen-bond acceptors (Lipinski definition) is 7. The number of guanidine groups is 1. The van der Waals surface area contributed by atoms with E-state index in [1.165, 1.54) is 6.92 Å². The quantitative estimate of drug-likeness (QED) is 0.186. The number of nitrogens with two attached hydrogens (primary N) is 1. The van der Waals surface area contributed by atoms with Gasteiger partial charge in [0.2, 0.25) is 0 Å². The van der Waals surface area contributed by atoms with Crippen LogP contribution in [0.5, 0.6) is 0 Å². The van der Waals surface area contributed by atoms with Crippen LogP contribution < -0.4 is 11.1 Å². The van der Waals surface area contributed by atoms with Gasteiger partial charge in [0.25, 0.3) is 0 Å². The predicted octanol–water partition coefficient (Wildman–Crippen LogP) is 4.99. The third-order valence-electron chi connectivity index (χ3n) is 14.4. The summed E-state index contributed by atoms with van der Waals surface area (Å²) < 4.78 is 19.2. The number of aliphatic carboxylic acids is 1. The van der Waals surface area contributed by atoms with Gasteiger partial charge in [-0.3, -0.25) is 19.4 Å². The van der Waals surface area contributed by atoms with E-state index in [2.05, 4.69) is 51.9 Å². The van der Waals surface area contributed by atoms with Crippen molar-refractivity contribution in [1.82, 2.24) is 5.32 Å². The van der Waals surface area contributed by atoms with Crippen molar-refractivity contribution in [3.63, 3.8) is 0 Å². The van der Waals surface area contributed by atoms with Gasteiger partial charge < -0.3 is 30.4 Å². The fraction of sp³-hybridized carbons (Fsp3) is 0.838. The van der Waals surface area contributed by atoms with E-state index in [1.807, 2.05) is 19.9 Å². The predicted molar refractivity (Wildman–Crippen MR) is 179 cm³/mol. The first-order valence-corrected chi connectivity index (χ1v) is 17.7. The molecular formula is C37H59N3O7. The van der Waals surface area contributed by atoms with Gasteiger partial charge in [-0.15, -0.1) is 0 Å². The maximum atomic E-state index is 14.8. The van der Waals surface area contributed by atoms with Gasteiger partial charge in [0.15, 0.2) is 11.7 Å². The summed E-state index contributed by atoms with van der Waals surface area (Å²) in [5.41, 5.74) is 3.84. The van der Waals surface area contributed by atoms with Crippen LogP contribution >= 0.6 is 0 Å². The molecule has 0 radical (unpaired) electrons. The highest BCUT2D eigenvalue weighted by Crippen LogP contribution is 2.74. The lowest BCUT2D eigenvalue weighted by Gasteiger charge is -2.70. The van der Waals surface area contributed by atoms with Gasteiger partial charge in [0, 0.05) is 36.3 Å². The van der Waals surface area contributed by atoms with Crippen LogP contribution in [0.3, 0.4) is 0 Å². The maximum Gasteiger partial charge on any atom is 0.308 e. The fourth-order valence-corrected chi connectivity index (χ4v) is 11.6. The number of nitrogens with one attached hydrogen (secondary N) is 1. The molecule has 4 fully saturated rings. The zero-order valence-corrected chi connectivity index (χ0v) is 30.3. The van der Waals surface area contributed by atoms with E-state index >= 15 is 0 Å². The molecule has 0 spiro atoms. The van der Waals surface area contributed by atoms with Crippen molar-refractivity contribution in [1.29, 1.82) is 0 Å². The van der Waals surface area contributed by atoms with Gasteiger partial charge in [-0.2, -0.15) is 0 Å². The van der Waals surface area contributed by atoms with Crippen molar-refractivity contribution < 1.29 is 33.7 Å². The Kier molecular flexibility index (Phi) is 9.26. The molecule has 264 valence electrons. The Hall–Kier alpha value is -2.46. The molecule has 10 nitrogen and oxygen atoms in total. The number of ether oxygens (including phenoxy) is 3. The second-order valence-corrected chi connectivity index (χ2v) is 17.0. The first-order valence-electron chi connectivity index (χ1n) is 17.7. The largest absolute Gasteiger partial charge is 0.481 e.